The van der Waals surface area contributed by atoms with Crippen LogP contribution in [0.4, 0.5) is 0 Å². The third kappa shape index (κ3) is 5.37. The van der Waals surface area contributed by atoms with Gasteiger partial charge in [0.1, 0.15) is 12.2 Å². The normalized spacial score (nSPS) is 30.2. The summed E-state index contributed by atoms with van der Waals surface area (Å²) in [6, 6.07) is 0. The maximum absolute atomic E-state index is 6.21. The van der Waals surface area contributed by atoms with E-state index in [0.717, 1.165) is 0 Å². The summed E-state index contributed by atoms with van der Waals surface area (Å²) >= 11 is 0. The van der Waals surface area contributed by atoms with Crippen LogP contribution in [0.2, 0.25) is 39.3 Å². The highest BCUT2D eigenvalue weighted by Gasteiger charge is 2.36. The van der Waals surface area contributed by atoms with Crippen molar-refractivity contribution in [2.45, 2.75) is 64.5 Å². The molecule has 0 amide bonds. The summed E-state index contributed by atoms with van der Waals surface area (Å²) in [5.41, 5.74) is 0. The predicted octanol–water partition coefficient (Wildman–Crippen LogP) is 3.36. The van der Waals surface area contributed by atoms with Gasteiger partial charge in [0, 0.05) is 0 Å². The van der Waals surface area contributed by atoms with Gasteiger partial charge in [-0.15, -0.1) is 0 Å². The lowest BCUT2D eigenvalue weighted by Gasteiger charge is -2.39. The largest absolute Gasteiger partial charge is 0.496 e. The molecule has 0 saturated carbocycles. The van der Waals surface area contributed by atoms with E-state index in [-0.39, 0.29) is 18.3 Å². The Bertz CT molecular complexity index is 278. The minimum atomic E-state index is -1.58. The smallest absolute Gasteiger partial charge is 0.184 e. The minimum Gasteiger partial charge on any atom is -0.496 e. The molecule has 1 aliphatic rings. The van der Waals surface area contributed by atoms with Gasteiger partial charge < -0.3 is 13.6 Å². The van der Waals surface area contributed by atoms with Crippen molar-refractivity contribution in [3.05, 3.63) is 12.3 Å². The van der Waals surface area contributed by atoms with Gasteiger partial charge in [-0.05, 0) is 52.3 Å². The Hall–Kier alpha value is -0.106. The standard InChI is InChI=1S/C12H26O3Si2/c1-10-12(15-17(5,6)7)11(8-9-13-10)14-16(2,3)4/h8-12H,1-7H3. The average Bonchev–Trinajstić information content (AvgIpc) is 2.07. The number of rotatable bonds is 4. The van der Waals surface area contributed by atoms with E-state index >= 15 is 0 Å². The fourth-order valence-electron chi connectivity index (χ4n) is 1.79. The predicted molar refractivity (Wildman–Crippen MR) is 76.1 cm³/mol. The molecule has 3 nitrogen and oxygen atoms in total. The van der Waals surface area contributed by atoms with Crippen molar-refractivity contribution < 1.29 is 13.6 Å². The molecule has 0 aromatic carbocycles. The SMILES string of the molecule is CC1OC=CC(O[Si](C)(C)C)C1O[Si](C)(C)C. The highest BCUT2D eigenvalue weighted by Crippen LogP contribution is 2.24. The fraction of sp³-hybridized carbons (Fsp3) is 0.833. The van der Waals surface area contributed by atoms with E-state index in [1.54, 1.807) is 6.26 Å². The first kappa shape index (κ1) is 15.0. The first-order chi connectivity index (χ1) is 7.58. The maximum atomic E-state index is 6.21. The Morgan fingerprint density at radius 2 is 1.47 bits per heavy atom. The van der Waals surface area contributed by atoms with E-state index in [1.165, 1.54) is 0 Å². The molecule has 0 bridgehead atoms. The van der Waals surface area contributed by atoms with Gasteiger partial charge in [-0.25, -0.2) is 0 Å². The zero-order chi connectivity index (χ0) is 13.3. The maximum Gasteiger partial charge on any atom is 0.184 e. The monoisotopic (exact) mass is 274 g/mol. The van der Waals surface area contributed by atoms with Gasteiger partial charge in [-0.2, -0.15) is 0 Å². The van der Waals surface area contributed by atoms with Crippen LogP contribution in [0.15, 0.2) is 12.3 Å². The molecule has 1 aliphatic heterocycles. The van der Waals surface area contributed by atoms with Crippen LogP contribution in [0.25, 0.3) is 0 Å². The molecule has 1 heterocycles. The summed E-state index contributed by atoms with van der Waals surface area (Å²) in [6.45, 7) is 15.2. The molecule has 0 saturated heterocycles. The molecule has 0 aromatic heterocycles. The summed E-state index contributed by atoms with van der Waals surface area (Å²) in [5, 5.41) is 0. The highest BCUT2D eigenvalue weighted by atomic mass is 28.4. The van der Waals surface area contributed by atoms with Crippen molar-refractivity contribution in [2.24, 2.45) is 0 Å². The lowest BCUT2D eigenvalue weighted by molar-refractivity contribution is -0.0379. The van der Waals surface area contributed by atoms with E-state index in [4.69, 9.17) is 13.6 Å². The third-order valence-electron chi connectivity index (χ3n) is 2.33. The highest BCUT2D eigenvalue weighted by molar-refractivity contribution is 6.70. The molecule has 0 N–H and O–H groups in total. The van der Waals surface area contributed by atoms with Crippen LogP contribution in [0, 0.1) is 0 Å². The molecule has 0 aromatic rings. The van der Waals surface area contributed by atoms with Crippen LogP contribution < -0.4 is 0 Å². The quantitative estimate of drug-likeness (QED) is 0.736. The zero-order valence-electron chi connectivity index (χ0n) is 12.1. The second-order valence-electron chi connectivity index (χ2n) is 6.56. The Kier molecular flexibility index (Phi) is 4.63. The Labute approximate surface area is 107 Å². The molecular weight excluding hydrogens is 248 g/mol. The lowest BCUT2D eigenvalue weighted by atomic mass is 10.1. The van der Waals surface area contributed by atoms with Crippen molar-refractivity contribution in [3.63, 3.8) is 0 Å². The van der Waals surface area contributed by atoms with Gasteiger partial charge >= 0.3 is 0 Å². The van der Waals surface area contributed by atoms with Gasteiger partial charge in [0.15, 0.2) is 16.6 Å². The summed E-state index contributed by atoms with van der Waals surface area (Å²) < 4.78 is 17.9. The van der Waals surface area contributed by atoms with E-state index < -0.39 is 16.6 Å². The van der Waals surface area contributed by atoms with E-state index in [0.29, 0.717) is 0 Å². The zero-order valence-corrected chi connectivity index (χ0v) is 14.1. The van der Waals surface area contributed by atoms with Crippen LogP contribution in [0.3, 0.4) is 0 Å². The molecule has 3 atom stereocenters. The molecule has 0 spiro atoms. The lowest BCUT2D eigenvalue weighted by Crippen LogP contribution is -2.50. The molecule has 3 unspecified atom stereocenters. The van der Waals surface area contributed by atoms with E-state index in [1.807, 2.05) is 6.08 Å². The van der Waals surface area contributed by atoms with Crippen molar-refractivity contribution in [2.75, 3.05) is 0 Å². The summed E-state index contributed by atoms with van der Waals surface area (Å²) in [4.78, 5) is 0. The first-order valence-electron chi connectivity index (χ1n) is 6.26. The molecule has 1 rings (SSSR count). The molecular formula is C12H26O3Si2. The van der Waals surface area contributed by atoms with Crippen LogP contribution in [-0.2, 0) is 13.6 Å². The number of hydrogen-bond donors (Lipinski definition) is 0. The Morgan fingerprint density at radius 3 is 1.94 bits per heavy atom. The van der Waals surface area contributed by atoms with Gasteiger partial charge in [0.05, 0.1) is 12.4 Å². The molecule has 5 heteroatoms. The number of hydrogen-bond acceptors (Lipinski definition) is 3. The molecule has 0 radical (unpaired) electrons. The molecule has 100 valence electrons. The van der Waals surface area contributed by atoms with E-state index in [2.05, 4.69) is 46.2 Å². The van der Waals surface area contributed by atoms with E-state index in [9.17, 15) is 0 Å². The van der Waals surface area contributed by atoms with Gasteiger partial charge in [0.25, 0.3) is 0 Å². The van der Waals surface area contributed by atoms with Crippen LogP contribution in [0.5, 0.6) is 0 Å². The summed E-state index contributed by atoms with van der Waals surface area (Å²) in [7, 11) is -3.14. The molecule has 17 heavy (non-hydrogen) atoms. The Morgan fingerprint density at radius 1 is 0.941 bits per heavy atom. The first-order valence-corrected chi connectivity index (χ1v) is 13.1. The Balaban J connectivity index is 2.77. The minimum absolute atomic E-state index is 0.0263. The van der Waals surface area contributed by atoms with Crippen molar-refractivity contribution >= 4 is 16.6 Å². The van der Waals surface area contributed by atoms with Gasteiger partial charge in [-0.3, -0.25) is 0 Å². The number of ether oxygens (including phenoxy) is 1. The van der Waals surface area contributed by atoms with Crippen LogP contribution in [0.1, 0.15) is 6.92 Å². The van der Waals surface area contributed by atoms with Gasteiger partial charge in [-0.1, -0.05) is 0 Å². The second kappa shape index (κ2) is 5.26. The fourth-order valence-corrected chi connectivity index (χ4v) is 3.96. The summed E-state index contributed by atoms with van der Waals surface area (Å²) in [6.07, 6.45) is 3.87. The third-order valence-corrected chi connectivity index (χ3v) is 4.29. The summed E-state index contributed by atoms with van der Waals surface area (Å²) in [5.74, 6) is 0. The van der Waals surface area contributed by atoms with Crippen molar-refractivity contribution in [1.29, 1.82) is 0 Å². The van der Waals surface area contributed by atoms with Gasteiger partial charge in [0.2, 0.25) is 0 Å². The van der Waals surface area contributed by atoms with Crippen LogP contribution in [-0.4, -0.2) is 34.9 Å². The molecule has 0 fully saturated rings. The van der Waals surface area contributed by atoms with Crippen molar-refractivity contribution in [3.8, 4) is 0 Å². The molecule has 0 aliphatic carbocycles. The second-order valence-corrected chi connectivity index (χ2v) is 15.5. The topological polar surface area (TPSA) is 27.7 Å². The van der Waals surface area contributed by atoms with Crippen LogP contribution >= 0.6 is 0 Å². The average molecular weight is 275 g/mol. The van der Waals surface area contributed by atoms with Crippen molar-refractivity contribution in [1.82, 2.24) is 0 Å².